The van der Waals surface area contributed by atoms with Crippen molar-refractivity contribution in [2.45, 2.75) is 13.5 Å². The summed E-state index contributed by atoms with van der Waals surface area (Å²) in [5.74, 6) is 0. The largest absolute Gasteiger partial charge is 0.465 e. The zero-order valence-corrected chi connectivity index (χ0v) is 13.7. The Morgan fingerprint density at radius 3 is 2.46 bits per heavy atom. The fraction of sp³-hybridized carbons (Fsp3) is 0.222. The number of para-hydroxylation sites is 1. The smallest absolute Gasteiger partial charge is 0.413 e. The molecule has 0 saturated heterocycles. The number of ether oxygens (including phenoxy) is 1. The van der Waals surface area contributed by atoms with Crippen LogP contribution in [0, 0.1) is 0 Å². The van der Waals surface area contributed by atoms with Gasteiger partial charge in [-0.25, -0.2) is 4.79 Å². The quantitative estimate of drug-likeness (QED) is 0.478. The minimum Gasteiger partial charge on any atom is -0.465 e. The van der Waals surface area contributed by atoms with Crippen molar-refractivity contribution in [3.63, 3.8) is 0 Å². The number of carbonyl (C=O) groups is 1. The standard InChI is InChI=1S/C18H20N2O4/c1-14(15-8-4-3-5-9-15)19-24-12-16-10-6-7-11-17(16)20(13-23-2)18(21)22/h3-11H,12-13H2,1-2H3,(H,21,22). The second-order valence-corrected chi connectivity index (χ2v) is 5.07. The first-order valence-corrected chi connectivity index (χ1v) is 7.42. The van der Waals surface area contributed by atoms with Crippen molar-refractivity contribution in [2.24, 2.45) is 5.16 Å². The fourth-order valence-corrected chi connectivity index (χ4v) is 2.18. The Hall–Kier alpha value is -2.86. The summed E-state index contributed by atoms with van der Waals surface area (Å²) in [7, 11) is 1.45. The van der Waals surface area contributed by atoms with Gasteiger partial charge in [-0.2, -0.15) is 0 Å². The van der Waals surface area contributed by atoms with E-state index in [-0.39, 0.29) is 13.3 Å². The Balaban J connectivity index is 2.12. The molecule has 0 fully saturated rings. The first-order valence-electron chi connectivity index (χ1n) is 7.42. The second kappa shape index (κ2) is 8.69. The van der Waals surface area contributed by atoms with E-state index >= 15 is 0 Å². The average molecular weight is 328 g/mol. The lowest BCUT2D eigenvalue weighted by molar-refractivity contribution is 0.130. The van der Waals surface area contributed by atoms with Crippen molar-refractivity contribution in [3.05, 3.63) is 65.7 Å². The highest BCUT2D eigenvalue weighted by Gasteiger charge is 2.17. The van der Waals surface area contributed by atoms with Gasteiger partial charge in [-0.3, -0.25) is 4.90 Å². The van der Waals surface area contributed by atoms with E-state index in [0.717, 1.165) is 16.2 Å². The van der Waals surface area contributed by atoms with Gasteiger partial charge in [0.1, 0.15) is 13.3 Å². The van der Waals surface area contributed by atoms with Crippen LogP contribution >= 0.6 is 0 Å². The van der Waals surface area contributed by atoms with Gasteiger partial charge in [0.25, 0.3) is 0 Å². The van der Waals surface area contributed by atoms with Gasteiger partial charge in [0.15, 0.2) is 0 Å². The number of amides is 1. The minimum atomic E-state index is -1.09. The average Bonchev–Trinajstić information content (AvgIpc) is 2.60. The molecule has 0 saturated carbocycles. The SMILES string of the molecule is COCN(C(=O)O)c1ccccc1CON=C(C)c1ccccc1. The zero-order valence-electron chi connectivity index (χ0n) is 13.7. The molecule has 6 heteroatoms. The number of methoxy groups -OCH3 is 1. The van der Waals surface area contributed by atoms with Gasteiger partial charge in [0, 0.05) is 12.7 Å². The summed E-state index contributed by atoms with van der Waals surface area (Å²) in [6.45, 7) is 1.96. The normalized spacial score (nSPS) is 11.2. The van der Waals surface area contributed by atoms with Gasteiger partial charge in [-0.15, -0.1) is 0 Å². The molecule has 0 aromatic heterocycles. The molecule has 0 bridgehead atoms. The summed E-state index contributed by atoms with van der Waals surface area (Å²) >= 11 is 0. The van der Waals surface area contributed by atoms with Crippen molar-refractivity contribution in [2.75, 3.05) is 18.7 Å². The highest BCUT2D eigenvalue weighted by molar-refractivity contribution is 5.98. The summed E-state index contributed by atoms with van der Waals surface area (Å²) in [5, 5.41) is 13.4. The Kier molecular flexibility index (Phi) is 6.33. The molecule has 0 spiro atoms. The lowest BCUT2D eigenvalue weighted by Crippen LogP contribution is -2.32. The van der Waals surface area contributed by atoms with E-state index in [2.05, 4.69) is 5.16 Å². The first kappa shape index (κ1) is 17.5. The maximum Gasteiger partial charge on any atom is 0.413 e. The molecular weight excluding hydrogens is 308 g/mol. The molecule has 24 heavy (non-hydrogen) atoms. The number of carboxylic acid groups (broad SMARTS) is 1. The van der Waals surface area contributed by atoms with Crippen LogP contribution in [0.15, 0.2) is 59.8 Å². The Morgan fingerprint density at radius 1 is 1.12 bits per heavy atom. The molecule has 2 aromatic carbocycles. The summed E-state index contributed by atoms with van der Waals surface area (Å²) in [6.07, 6.45) is -1.09. The molecule has 0 aliphatic heterocycles. The maximum atomic E-state index is 11.4. The number of nitrogens with zero attached hydrogens (tertiary/aromatic N) is 2. The topological polar surface area (TPSA) is 71.4 Å². The number of oxime groups is 1. The lowest BCUT2D eigenvalue weighted by atomic mass is 10.1. The molecule has 0 aliphatic rings. The van der Waals surface area contributed by atoms with Gasteiger partial charge in [0.05, 0.1) is 11.4 Å². The molecule has 0 atom stereocenters. The fourth-order valence-electron chi connectivity index (χ4n) is 2.18. The van der Waals surface area contributed by atoms with E-state index in [9.17, 15) is 9.90 Å². The third kappa shape index (κ3) is 4.57. The molecule has 126 valence electrons. The van der Waals surface area contributed by atoms with E-state index < -0.39 is 6.09 Å². The highest BCUT2D eigenvalue weighted by atomic mass is 16.6. The van der Waals surface area contributed by atoms with E-state index in [0.29, 0.717) is 11.3 Å². The molecule has 0 heterocycles. The Bertz CT molecular complexity index is 701. The molecule has 0 radical (unpaired) electrons. The van der Waals surface area contributed by atoms with Crippen LogP contribution < -0.4 is 4.90 Å². The number of hydrogen-bond donors (Lipinski definition) is 1. The van der Waals surface area contributed by atoms with Crippen LogP contribution in [0.25, 0.3) is 0 Å². The third-order valence-electron chi connectivity index (χ3n) is 3.38. The summed E-state index contributed by atoms with van der Waals surface area (Å²) in [6, 6.07) is 16.8. The van der Waals surface area contributed by atoms with E-state index in [1.807, 2.05) is 43.3 Å². The van der Waals surface area contributed by atoms with Gasteiger partial charge < -0.3 is 14.7 Å². The molecule has 2 aromatic rings. The van der Waals surface area contributed by atoms with E-state index in [1.54, 1.807) is 18.2 Å². The van der Waals surface area contributed by atoms with Crippen molar-refractivity contribution >= 4 is 17.5 Å². The maximum absolute atomic E-state index is 11.4. The van der Waals surface area contributed by atoms with Crippen molar-refractivity contribution in [1.29, 1.82) is 0 Å². The molecular formula is C18H20N2O4. The van der Waals surface area contributed by atoms with Crippen LogP contribution in [-0.4, -0.2) is 30.8 Å². The van der Waals surface area contributed by atoms with Gasteiger partial charge in [-0.1, -0.05) is 53.7 Å². The van der Waals surface area contributed by atoms with Gasteiger partial charge >= 0.3 is 6.09 Å². The number of benzene rings is 2. The van der Waals surface area contributed by atoms with Crippen LogP contribution in [0.5, 0.6) is 0 Å². The number of rotatable bonds is 7. The lowest BCUT2D eigenvalue weighted by Gasteiger charge is -2.20. The van der Waals surface area contributed by atoms with Crippen LogP contribution in [-0.2, 0) is 16.2 Å². The molecule has 0 unspecified atom stereocenters. The predicted molar refractivity (Wildman–Crippen MR) is 92.3 cm³/mol. The van der Waals surface area contributed by atoms with Crippen LogP contribution in [0.4, 0.5) is 10.5 Å². The monoisotopic (exact) mass is 328 g/mol. The third-order valence-corrected chi connectivity index (χ3v) is 3.38. The second-order valence-electron chi connectivity index (χ2n) is 5.07. The van der Waals surface area contributed by atoms with Crippen molar-refractivity contribution in [3.8, 4) is 0 Å². The van der Waals surface area contributed by atoms with Crippen molar-refractivity contribution in [1.82, 2.24) is 0 Å². The minimum absolute atomic E-state index is 0.0569. The zero-order chi connectivity index (χ0) is 17.4. The Labute approximate surface area is 140 Å². The summed E-state index contributed by atoms with van der Waals surface area (Å²) in [4.78, 5) is 17.9. The van der Waals surface area contributed by atoms with Crippen LogP contribution in [0.1, 0.15) is 18.1 Å². The number of anilines is 1. The Morgan fingerprint density at radius 2 is 1.79 bits per heavy atom. The molecule has 2 rings (SSSR count). The molecule has 6 nitrogen and oxygen atoms in total. The molecule has 1 N–H and O–H groups in total. The van der Waals surface area contributed by atoms with Crippen molar-refractivity contribution < 1.29 is 19.5 Å². The summed E-state index contributed by atoms with van der Waals surface area (Å²) in [5.41, 5.74) is 2.94. The van der Waals surface area contributed by atoms with Gasteiger partial charge in [-0.05, 0) is 18.6 Å². The van der Waals surface area contributed by atoms with E-state index in [4.69, 9.17) is 9.57 Å². The van der Waals surface area contributed by atoms with E-state index in [1.165, 1.54) is 7.11 Å². The van der Waals surface area contributed by atoms with Crippen LogP contribution in [0.3, 0.4) is 0 Å². The van der Waals surface area contributed by atoms with Gasteiger partial charge in [0.2, 0.25) is 0 Å². The molecule has 0 aliphatic carbocycles. The molecule has 1 amide bonds. The first-order chi connectivity index (χ1) is 11.6. The van der Waals surface area contributed by atoms with Crippen LogP contribution in [0.2, 0.25) is 0 Å². The summed E-state index contributed by atoms with van der Waals surface area (Å²) < 4.78 is 4.95. The number of hydrogen-bond acceptors (Lipinski definition) is 4. The predicted octanol–water partition coefficient (Wildman–Crippen LogP) is 3.72. The highest BCUT2D eigenvalue weighted by Crippen LogP contribution is 2.21.